The van der Waals surface area contributed by atoms with E-state index in [-0.39, 0.29) is 11.7 Å². The van der Waals surface area contributed by atoms with E-state index < -0.39 is 11.6 Å². The van der Waals surface area contributed by atoms with Crippen LogP contribution in [0.3, 0.4) is 0 Å². The molecule has 1 aliphatic rings. The van der Waals surface area contributed by atoms with Gasteiger partial charge >= 0.3 is 0 Å². The van der Waals surface area contributed by atoms with E-state index >= 15 is 0 Å². The van der Waals surface area contributed by atoms with Gasteiger partial charge in [0.15, 0.2) is 5.96 Å². The largest absolute Gasteiger partial charge is 0.477 e. The van der Waals surface area contributed by atoms with Crippen molar-refractivity contribution in [3.05, 3.63) is 53.7 Å². The van der Waals surface area contributed by atoms with E-state index in [1.54, 1.807) is 18.1 Å². The molecule has 0 spiro atoms. The summed E-state index contributed by atoms with van der Waals surface area (Å²) in [5.74, 6) is 0.157. The molecule has 6 nitrogen and oxygen atoms in total. The number of nitrogens with zero attached hydrogens (tertiary/aromatic N) is 3. The van der Waals surface area contributed by atoms with Crippen molar-refractivity contribution in [3.63, 3.8) is 0 Å². The van der Waals surface area contributed by atoms with Gasteiger partial charge in [-0.25, -0.2) is 13.8 Å². The third-order valence-corrected chi connectivity index (χ3v) is 4.75. The molecule has 2 N–H and O–H groups in total. The van der Waals surface area contributed by atoms with Crippen molar-refractivity contribution in [2.75, 3.05) is 31.6 Å². The minimum atomic E-state index is -0.538. The predicted molar refractivity (Wildman–Crippen MR) is 110 cm³/mol. The van der Waals surface area contributed by atoms with Gasteiger partial charge in [-0.15, -0.1) is 0 Å². The number of rotatable bonds is 7. The molecule has 8 heteroatoms. The van der Waals surface area contributed by atoms with Gasteiger partial charge in [-0.05, 0) is 31.0 Å². The van der Waals surface area contributed by atoms with Gasteiger partial charge in [-0.3, -0.25) is 4.99 Å². The topological polar surface area (TPSA) is 61.8 Å². The van der Waals surface area contributed by atoms with Crippen molar-refractivity contribution in [2.24, 2.45) is 4.99 Å². The van der Waals surface area contributed by atoms with Crippen LogP contribution < -0.4 is 20.3 Å². The average molecular weight is 403 g/mol. The maximum absolute atomic E-state index is 14.0. The molecule has 0 amide bonds. The highest BCUT2D eigenvalue weighted by Gasteiger charge is 2.27. The first-order valence-electron chi connectivity index (χ1n) is 9.85. The van der Waals surface area contributed by atoms with E-state index in [1.165, 1.54) is 18.2 Å². The lowest BCUT2D eigenvalue weighted by molar-refractivity contribution is 0.301. The molecule has 1 fully saturated rings. The highest BCUT2D eigenvalue weighted by atomic mass is 19.1. The third-order valence-electron chi connectivity index (χ3n) is 4.75. The Morgan fingerprint density at radius 1 is 1.28 bits per heavy atom. The summed E-state index contributed by atoms with van der Waals surface area (Å²) in [7, 11) is 1.69. The standard InChI is InChI=1S/C21H27F2N5O/c1-3-12-29-20-15(6-5-10-25-20)13-26-21(24-2)27-16-9-11-28(14-16)19-17(22)7-4-8-18(19)23/h4-8,10,16H,3,9,11-14H2,1-2H3,(H2,24,26,27). The summed E-state index contributed by atoms with van der Waals surface area (Å²) in [4.78, 5) is 10.3. The summed E-state index contributed by atoms with van der Waals surface area (Å²) >= 11 is 0. The average Bonchev–Trinajstić information content (AvgIpc) is 3.18. The highest BCUT2D eigenvalue weighted by Crippen LogP contribution is 2.26. The molecule has 1 aromatic carbocycles. The lowest BCUT2D eigenvalue weighted by Gasteiger charge is -2.21. The fraction of sp³-hybridized carbons (Fsp3) is 0.429. The van der Waals surface area contributed by atoms with Crippen molar-refractivity contribution >= 4 is 11.6 Å². The number of halogens is 2. The Balaban J connectivity index is 1.56. The van der Waals surface area contributed by atoms with Crippen LogP contribution in [0.25, 0.3) is 0 Å². The van der Waals surface area contributed by atoms with Crippen molar-refractivity contribution < 1.29 is 13.5 Å². The second kappa shape index (κ2) is 10.0. The molecular weight excluding hydrogens is 376 g/mol. The molecule has 0 aliphatic carbocycles. The molecule has 1 atom stereocenters. The van der Waals surface area contributed by atoms with Gasteiger partial charge < -0.3 is 20.3 Å². The summed E-state index contributed by atoms with van der Waals surface area (Å²) in [6.45, 7) is 4.23. The van der Waals surface area contributed by atoms with Gasteiger partial charge in [0, 0.05) is 44.5 Å². The van der Waals surface area contributed by atoms with Crippen LogP contribution in [0.2, 0.25) is 0 Å². The predicted octanol–water partition coefficient (Wildman–Crippen LogP) is 3.09. The molecule has 1 aliphatic heterocycles. The van der Waals surface area contributed by atoms with Gasteiger partial charge in [0.1, 0.15) is 17.3 Å². The molecule has 156 valence electrons. The quantitative estimate of drug-likeness (QED) is 0.550. The first-order chi connectivity index (χ1) is 14.1. The van der Waals surface area contributed by atoms with Crippen LogP contribution in [-0.4, -0.2) is 43.7 Å². The number of para-hydroxylation sites is 1. The number of hydrogen-bond acceptors (Lipinski definition) is 4. The van der Waals surface area contributed by atoms with Crippen LogP contribution in [0.4, 0.5) is 14.5 Å². The zero-order valence-electron chi connectivity index (χ0n) is 16.8. The second-order valence-electron chi connectivity index (χ2n) is 6.89. The maximum Gasteiger partial charge on any atom is 0.218 e. The van der Waals surface area contributed by atoms with Gasteiger partial charge in [0.05, 0.1) is 6.61 Å². The van der Waals surface area contributed by atoms with E-state index in [2.05, 4.69) is 20.6 Å². The Kier molecular flexibility index (Phi) is 7.21. The first-order valence-corrected chi connectivity index (χ1v) is 9.85. The van der Waals surface area contributed by atoms with E-state index in [4.69, 9.17) is 4.74 Å². The van der Waals surface area contributed by atoms with Crippen molar-refractivity contribution in [1.29, 1.82) is 0 Å². The Hall–Kier alpha value is -2.90. The van der Waals surface area contributed by atoms with Crippen LogP contribution in [0, 0.1) is 11.6 Å². The SMILES string of the molecule is CCCOc1ncccc1CNC(=NC)NC1CCN(c2c(F)cccc2F)C1. The molecule has 29 heavy (non-hydrogen) atoms. The van der Waals surface area contributed by atoms with Crippen LogP contribution >= 0.6 is 0 Å². The van der Waals surface area contributed by atoms with E-state index in [0.717, 1.165) is 18.4 Å². The third kappa shape index (κ3) is 5.34. The van der Waals surface area contributed by atoms with Crippen molar-refractivity contribution in [3.8, 4) is 5.88 Å². The number of aromatic nitrogens is 1. The lowest BCUT2D eigenvalue weighted by Crippen LogP contribution is -2.44. The summed E-state index contributed by atoms with van der Waals surface area (Å²) in [6.07, 6.45) is 3.37. The molecule has 2 aromatic rings. The zero-order valence-corrected chi connectivity index (χ0v) is 16.8. The second-order valence-corrected chi connectivity index (χ2v) is 6.89. The minimum Gasteiger partial charge on any atom is -0.477 e. The van der Waals surface area contributed by atoms with Crippen molar-refractivity contribution in [2.45, 2.75) is 32.4 Å². The Bertz CT molecular complexity index is 825. The zero-order chi connectivity index (χ0) is 20.6. The summed E-state index contributed by atoms with van der Waals surface area (Å²) < 4.78 is 33.8. The Labute approximate surface area is 170 Å². The van der Waals surface area contributed by atoms with Gasteiger partial charge in [0.25, 0.3) is 0 Å². The molecular formula is C21H27F2N5O. The van der Waals surface area contributed by atoms with Crippen LogP contribution in [0.5, 0.6) is 5.88 Å². The Morgan fingerprint density at radius 2 is 2.07 bits per heavy atom. The lowest BCUT2D eigenvalue weighted by atomic mass is 10.2. The molecule has 1 aromatic heterocycles. The van der Waals surface area contributed by atoms with E-state index in [0.29, 0.717) is 38.1 Å². The summed E-state index contributed by atoms with van der Waals surface area (Å²) in [6, 6.07) is 7.80. The fourth-order valence-corrected chi connectivity index (χ4v) is 3.33. The molecule has 1 unspecified atom stereocenters. The number of ether oxygens (including phenoxy) is 1. The molecule has 3 rings (SSSR count). The van der Waals surface area contributed by atoms with E-state index in [1.807, 2.05) is 19.1 Å². The molecule has 2 heterocycles. The number of hydrogen-bond donors (Lipinski definition) is 2. The van der Waals surface area contributed by atoms with Crippen LogP contribution in [0.15, 0.2) is 41.5 Å². The monoisotopic (exact) mass is 403 g/mol. The molecule has 0 radical (unpaired) electrons. The number of pyridine rings is 1. The summed E-state index contributed by atoms with van der Waals surface area (Å²) in [5.41, 5.74) is 0.971. The number of benzene rings is 1. The van der Waals surface area contributed by atoms with E-state index in [9.17, 15) is 8.78 Å². The number of anilines is 1. The molecule has 0 bridgehead atoms. The van der Waals surface area contributed by atoms with Crippen molar-refractivity contribution in [1.82, 2.24) is 15.6 Å². The maximum atomic E-state index is 14.0. The first kappa shape index (κ1) is 20.8. The fourth-order valence-electron chi connectivity index (χ4n) is 3.33. The normalized spacial score (nSPS) is 16.8. The highest BCUT2D eigenvalue weighted by molar-refractivity contribution is 5.80. The molecule has 0 saturated carbocycles. The van der Waals surface area contributed by atoms with Crippen LogP contribution in [0.1, 0.15) is 25.3 Å². The minimum absolute atomic E-state index is 0.0323. The van der Waals surface area contributed by atoms with Gasteiger partial charge in [0.2, 0.25) is 5.88 Å². The van der Waals surface area contributed by atoms with Gasteiger partial charge in [-0.1, -0.05) is 19.1 Å². The smallest absolute Gasteiger partial charge is 0.218 e. The molecule has 1 saturated heterocycles. The summed E-state index contributed by atoms with van der Waals surface area (Å²) in [5, 5.41) is 6.59. The van der Waals surface area contributed by atoms with Gasteiger partial charge in [-0.2, -0.15) is 0 Å². The number of aliphatic imine (C=N–C) groups is 1. The number of guanidine groups is 1. The number of nitrogens with one attached hydrogen (secondary N) is 2. The van der Waals surface area contributed by atoms with Crippen LogP contribution in [-0.2, 0) is 6.54 Å². The Morgan fingerprint density at radius 3 is 2.79 bits per heavy atom.